The first-order valence-corrected chi connectivity index (χ1v) is 7.78. The summed E-state index contributed by atoms with van der Waals surface area (Å²) < 4.78 is 0. The Labute approximate surface area is 117 Å². The molecule has 0 heterocycles. The monoisotopic (exact) mass is 260 g/mol. The van der Waals surface area contributed by atoms with Gasteiger partial charge in [0.1, 0.15) is 0 Å². The van der Waals surface area contributed by atoms with E-state index in [1.54, 1.807) is 0 Å². The lowest BCUT2D eigenvalue weighted by molar-refractivity contribution is 0.339. The molecule has 1 fully saturated rings. The molecule has 0 saturated heterocycles. The zero-order valence-corrected chi connectivity index (χ0v) is 12.4. The number of hydrogen-bond acceptors (Lipinski definition) is 2. The molecular formula is C17H28N2. The van der Waals surface area contributed by atoms with Crippen LogP contribution >= 0.6 is 0 Å². The molecular weight excluding hydrogens is 232 g/mol. The van der Waals surface area contributed by atoms with Crippen LogP contribution in [0.15, 0.2) is 24.3 Å². The van der Waals surface area contributed by atoms with Gasteiger partial charge >= 0.3 is 0 Å². The van der Waals surface area contributed by atoms with Gasteiger partial charge in [-0.2, -0.15) is 0 Å². The first-order valence-electron chi connectivity index (χ1n) is 7.78. The molecule has 0 radical (unpaired) electrons. The Morgan fingerprint density at radius 3 is 2.37 bits per heavy atom. The molecule has 0 bridgehead atoms. The summed E-state index contributed by atoms with van der Waals surface area (Å²) in [7, 11) is 0. The smallest absolute Gasteiger partial charge is 0.0340 e. The second-order valence-corrected chi connectivity index (χ2v) is 6.09. The van der Waals surface area contributed by atoms with Gasteiger partial charge < -0.3 is 11.1 Å². The van der Waals surface area contributed by atoms with E-state index in [4.69, 9.17) is 5.73 Å². The fourth-order valence-corrected chi connectivity index (χ4v) is 2.82. The molecule has 1 aliphatic carbocycles. The van der Waals surface area contributed by atoms with Gasteiger partial charge in [0.05, 0.1) is 0 Å². The van der Waals surface area contributed by atoms with Crippen LogP contribution in [0.25, 0.3) is 0 Å². The molecule has 1 unspecified atom stereocenters. The third-order valence-electron chi connectivity index (χ3n) is 4.58. The van der Waals surface area contributed by atoms with E-state index in [-0.39, 0.29) is 0 Å². The summed E-state index contributed by atoms with van der Waals surface area (Å²) in [5.41, 5.74) is 8.64. The molecule has 1 atom stereocenters. The fraction of sp³-hybridized carbons (Fsp3) is 0.647. The van der Waals surface area contributed by atoms with Crippen LogP contribution in [-0.4, -0.2) is 12.6 Å². The Kier molecular flexibility index (Phi) is 5.26. The number of hydrogen-bond donors (Lipinski definition) is 2. The quantitative estimate of drug-likeness (QED) is 0.835. The maximum absolute atomic E-state index is 5.94. The number of nitrogens with one attached hydrogen (secondary N) is 1. The molecule has 19 heavy (non-hydrogen) atoms. The highest BCUT2D eigenvalue weighted by Gasteiger charge is 2.17. The van der Waals surface area contributed by atoms with Crippen molar-refractivity contribution in [2.75, 3.05) is 11.9 Å². The Morgan fingerprint density at radius 2 is 1.79 bits per heavy atom. The van der Waals surface area contributed by atoms with Crippen molar-refractivity contribution in [2.45, 2.75) is 57.9 Å². The molecule has 2 rings (SSSR count). The SMILES string of the molecule is CCC(C)c1ccc(NC[C@H]2CC[C@H](N)CC2)cc1. The van der Waals surface area contributed by atoms with Gasteiger partial charge in [-0.25, -0.2) is 0 Å². The molecule has 0 spiro atoms. The van der Waals surface area contributed by atoms with Crippen molar-refractivity contribution in [3.8, 4) is 0 Å². The number of anilines is 1. The fourth-order valence-electron chi connectivity index (χ4n) is 2.82. The summed E-state index contributed by atoms with van der Waals surface area (Å²) in [6.07, 6.45) is 6.14. The van der Waals surface area contributed by atoms with Crippen molar-refractivity contribution in [2.24, 2.45) is 11.7 Å². The first kappa shape index (κ1) is 14.4. The molecule has 1 aromatic rings. The Morgan fingerprint density at radius 1 is 1.16 bits per heavy atom. The number of nitrogens with two attached hydrogens (primary N) is 1. The largest absolute Gasteiger partial charge is 0.385 e. The molecule has 1 aliphatic rings. The van der Waals surface area contributed by atoms with Crippen molar-refractivity contribution in [1.29, 1.82) is 0 Å². The van der Waals surface area contributed by atoms with Crippen LogP contribution in [0.2, 0.25) is 0 Å². The molecule has 2 nitrogen and oxygen atoms in total. The van der Waals surface area contributed by atoms with E-state index in [0.717, 1.165) is 12.5 Å². The minimum absolute atomic E-state index is 0.450. The summed E-state index contributed by atoms with van der Waals surface area (Å²) >= 11 is 0. The Hall–Kier alpha value is -1.02. The van der Waals surface area contributed by atoms with E-state index in [0.29, 0.717) is 12.0 Å². The van der Waals surface area contributed by atoms with E-state index >= 15 is 0 Å². The van der Waals surface area contributed by atoms with Crippen molar-refractivity contribution in [1.82, 2.24) is 0 Å². The standard InChI is InChI=1S/C17H28N2/c1-3-13(2)15-6-10-17(11-7-15)19-12-14-4-8-16(18)9-5-14/h6-7,10-11,13-14,16,19H,3-5,8-9,12,18H2,1-2H3/t13?,14-,16-. The third-order valence-corrected chi connectivity index (χ3v) is 4.58. The molecule has 0 amide bonds. The average Bonchev–Trinajstić information content (AvgIpc) is 2.46. The van der Waals surface area contributed by atoms with Gasteiger partial charge in [0, 0.05) is 18.3 Å². The van der Waals surface area contributed by atoms with Gasteiger partial charge in [-0.15, -0.1) is 0 Å². The van der Waals surface area contributed by atoms with Gasteiger partial charge in [-0.3, -0.25) is 0 Å². The second-order valence-electron chi connectivity index (χ2n) is 6.09. The third kappa shape index (κ3) is 4.24. The average molecular weight is 260 g/mol. The van der Waals surface area contributed by atoms with Crippen molar-refractivity contribution in [3.63, 3.8) is 0 Å². The summed E-state index contributed by atoms with van der Waals surface area (Å²) in [5, 5.41) is 3.57. The maximum Gasteiger partial charge on any atom is 0.0340 e. The zero-order chi connectivity index (χ0) is 13.7. The molecule has 1 saturated carbocycles. The van der Waals surface area contributed by atoms with Gasteiger partial charge in [-0.05, 0) is 61.6 Å². The van der Waals surface area contributed by atoms with Crippen LogP contribution < -0.4 is 11.1 Å². The van der Waals surface area contributed by atoms with Gasteiger partial charge in [0.2, 0.25) is 0 Å². The molecule has 0 aliphatic heterocycles. The van der Waals surface area contributed by atoms with E-state index in [1.165, 1.54) is 43.4 Å². The molecule has 3 N–H and O–H groups in total. The highest BCUT2D eigenvalue weighted by Crippen LogP contribution is 2.24. The summed E-state index contributed by atoms with van der Waals surface area (Å²) in [4.78, 5) is 0. The first-order chi connectivity index (χ1) is 9.19. The van der Waals surface area contributed by atoms with E-state index in [1.807, 2.05) is 0 Å². The van der Waals surface area contributed by atoms with Crippen LogP contribution in [0.5, 0.6) is 0 Å². The minimum Gasteiger partial charge on any atom is -0.385 e. The van der Waals surface area contributed by atoms with Crippen molar-refractivity contribution >= 4 is 5.69 Å². The van der Waals surface area contributed by atoms with Crippen LogP contribution in [0, 0.1) is 5.92 Å². The second kappa shape index (κ2) is 6.95. The van der Waals surface area contributed by atoms with Crippen LogP contribution in [0.1, 0.15) is 57.4 Å². The Bertz CT molecular complexity index is 363. The zero-order valence-electron chi connectivity index (χ0n) is 12.4. The van der Waals surface area contributed by atoms with Gasteiger partial charge in [-0.1, -0.05) is 26.0 Å². The number of benzene rings is 1. The molecule has 2 heteroatoms. The summed E-state index contributed by atoms with van der Waals surface area (Å²) in [6, 6.07) is 9.40. The van der Waals surface area contributed by atoms with E-state index < -0.39 is 0 Å². The van der Waals surface area contributed by atoms with E-state index in [2.05, 4.69) is 43.4 Å². The lowest BCUT2D eigenvalue weighted by Gasteiger charge is -2.26. The normalized spacial score (nSPS) is 25.0. The molecule has 106 valence electrons. The molecule has 0 aromatic heterocycles. The summed E-state index contributed by atoms with van der Waals surface area (Å²) in [6.45, 7) is 5.62. The van der Waals surface area contributed by atoms with E-state index in [9.17, 15) is 0 Å². The predicted molar refractivity (Wildman–Crippen MR) is 83.6 cm³/mol. The minimum atomic E-state index is 0.450. The summed E-state index contributed by atoms with van der Waals surface area (Å²) in [5.74, 6) is 1.46. The van der Waals surface area contributed by atoms with Gasteiger partial charge in [0.15, 0.2) is 0 Å². The van der Waals surface area contributed by atoms with Crippen molar-refractivity contribution < 1.29 is 0 Å². The lowest BCUT2D eigenvalue weighted by atomic mass is 9.86. The lowest BCUT2D eigenvalue weighted by Crippen LogP contribution is -2.29. The van der Waals surface area contributed by atoms with Crippen LogP contribution in [-0.2, 0) is 0 Å². The van der Waals surface area contributed by atoms with Crippen molar-refractivity contribution in [3.05, 3.63) is 29.8 Å². The molecule has 1 aromatic carbocycles. The Balaban J connectivity index is 1.80. The number of rotatable bonds is 5. The highest BCUT2D eigenvalue weighted by atomic mass is 14.9. The highest BCUT2D eigenvalue weighted by molar-refractivity contribution is 5.45. The maximum atomic E-state index is 5.94. The van der Waals surface area contributed by atoms with Crippen LogP contribution in [0.4, 0.5) is 5.69 Å². The predicted octanol–water partition coefficient (Wildman–Crippen LogP) is 4.13. The topological polar surface area (TPSA) is 38.0 Å². The van der Waals surface area contributed by atoms with Crippen LogP contribution in [0.3, 0.4) is 0 Å². The van der Waals surface area contributed by atoms with Gasteiger partial charge in [0.25, 0.3) is 0 Å².